The second-order valence-corrected chi connectivity index (χ2v) is 4.38. The van der Waals surface area contributed by atoms with E-state index >= 15 is 0 Å². The minimum atomic E-state index is -0.310. The summed E-state index contributed by atoms with van der Waals surface area (Å²) in [5.41, 5.74) is 0.872. The number of terminal acetylenes is 1. The molecular formula is C13H15FO. The van der Waals surface area contributed by atoms with Gasteiger partial charge in [-0.15, -0.1) is 6.42 Å². The molecule has 0 N–H and O–H groups in total. The molecule has 0 aliphatic heterocycles. The molecule has 0 aliphatic rings. The zero-order valence-electron chi connectivity index (χ0n) is 9.30. The van der Waals surface area contributed by atoms with Crippen molar-refractivity contribution in [1.82, 2.24) is 0 Å². The van der Waals surface area contributed by atoms with Crippen LogP contribution in [0.4, 0.5) is 4.39 Å². The Labute approximate surface area is 90.3 Å². The molecular weight excluding hydrogens is 191 g/mol. The summed E-state index contributed by atoms with van der Waals surface area (Å²) in [7, 11) is 0. The Morgan fingerprint density at radius 2 is 2.07 bits per heavy atom. The number of hydrogen-bond acceptors (Lipinski definition) is 1. The molecule has 1 rings (SSSR count). The fourth-order valence-corrected chi connectivity index (χ4v) is 1.35. The highest BCUT2D eigenvalue weighted by molar-refractivity contribution is 5.39. The number of rotatable bonds is 2. The quantitative estimate of drug-likeness (QED) is 0.675. The Bertz CT molecular complexity index is 383. The largest absolute Gasteiger partial charge is 0.481 e. The van der Waals surface area contributed by atoms with Gasteiger partial charge in [0.05, 0.1) is 0 Å². The lowest BCUT2D eigenvalue weighted by molar-refractivity contribution is 0.355. The van der Waals surface area contributed by atoms with Gasteiger partial charge >= 0.3 is 0 Å². The Hall–Kier alpha value is -1.49. The van der Waals surface area contributed by atoms with Crippen molar-refractivity contribution in [3.05, 3.63) is 29.6 Å². The number of halogens is 1. The van der Waals surface area contributed by atoms with Crippen LogP contribution in [0.2, 0.25) is 0 Å². The first-order valence-electron chi connectivity index (χ1n) is 4.81. The van der Waals surface area contributed by atoms with E-state index in [1.807, 2.05) is 20.8 Å². The van der Waals surface area contributed by atoms with Crippen molar-refractivity contribution < 1.29 is 9.13 Å². The Morgan fingerprint density at radius 1 is 1.40 bits per heavy atom. The van der Waals surface area contributed by atoms with Gasteiger partial charge in [0.15, 0.2) is 0 Å². The number of hydrogen-bond donors (Lipinski definition) is 0. The van der Waals surface area contributed by atoms with Gasteiger partial charge in [0.25, 0.3) is 0 Å². The molecule has 0 saturated heterocycles. The first-order chi connectivity index (χ1) is 6.95. The SMILES string of the molecule is C#CCOc1cc(F)ccc1C(C)(C)C. The monoisotopic (exact) mass is 206 g/mol. The molecule has 0 unspecified atom stereocenters. The second-order valence-electron chi connectivity index (χ2n) is 4.38. The summed E-state index contributed by atoms with van der Waals surface area (Å²) in [5.74, 6) is 2.59. The molecule has 0 aliphatic carbocycles. The average Bonchev–Trinajstić information content (AvgIpc) is 2.12. The van der Waals surface area contributed by atoms with Crippen LogP contribution in [0.5, 0.6) is 5.75 Å². The van der Waals surface area contributed by atoms with Crippen molar-refractivity contribution in [2.75, 3.05) is 6.61 Å². The van der Waals surface area contributed by atoms with Crippen molar-refractivity contribution >= 4 is 0 Å². The van der Waals surface area contributed by atoms with Gasteiger partial charge in [0.2, 0.25) is 0 Å². The lowest BCUT2D eigenvalue weighted by Gasteiger charge is -2.22. The van der Waals surface area contributed by atoms with Gasteiger partial charge in [0.1, 0.15) is 18.2 Å². The molecule has 15 heavy (non-hydrogen) atoms. The molecule has 1 aromatic rings. The van der Waals surface area contributed by atoms with Crippen LogP contribution < -0.4 is 4.74 Å². The molecule has 80 valence electrons. The molecule has 0 spiro atoms. The van der Waals surface area contributed by atoms with E-state index in [1.165, 1.54) is 12.1 Å². The van der Waals surface area contributed by atoms with Crippen LogP contribution in [-0.2, 0) is 5.41 Å². The maximum Gasteiger partial charge on any atom is 0.148 e. The summed E-state index contributed by atoms with van der Waals surface area (Å²) >= 11 is 0. The average molecular weight is 206 g/mol. The molecule has 0 amide bonds. The second kappa shape index (κ2) is 4.35. The zero-order chi connectivity index (χ0) is 11.5. The van der Waals surface area contributed by atoms with E-state index in [0.717, 1.165) is 5.56 Å². The molecule has 0 radical (unpaired) electrons. The standard InChI is InChI=1S/C13H15FO/c1-5-8-15-12-9-10(14)6-7-11(12)13(2,3)4/h1,6-7,9H,8H2,2-4H3. The van der Waals surface area contributed by atoms with Crippen LogP contribution in [0.1, 0.15) is 26.3 Å². The summed E-state index contributed by atoms with van der Waals surface area (Å²) in [4.78, 5) is 0. The molecule has 1 nitrogen and oxygen atoms in total. The molecule has 0 aromatic heterocycles. The van der Waals surface area contributed by atoms with Crippen LogP contribution in [0.3, 0.4) is 0 Å². The molecule has 0 atom stereocenters. The van der Waals surface area contributed by atoms with Gasteiger partial charge in [-0.1, -0.05) is 32.8 Å². The first-order valence-corrected chi connectivity index (χ1v) is 4.81. The van der Waals surface area contributed by atoms with E-state index in [-0.39, 0.29) is 17.8 Å². The highest BCUT2D eigenvalue weighted by Gasteiger charge is 2.19. The highest BCUT2D eigenvalue weighted by atomic mass is 19.1. The van der Waals surface area contributed by atoms with Crippen molar-refractivity contribution in [1.29, 1.82) is 0 Å². The van der Waals surface area contributed by atoms with Crippen molar-refractivity contribution in [3.63, 3.8) is 0 Å². The Balaban J connectivity index is 3.10. The zero-order valence-corrected chi connectivity index (χ0v) is 9.30. The normalized spacial score (nSPS) is 10.9. The van der Waals surface area contributed by atoms with Crippen LogP contribution in [-0.4, -0.2) is 6.61 Å². The van der Waals surface area contributed by atoms with Crippen LogP contribution >= 0.6 is 0 Å². The number of ether oxygens (including phenoxy) is 1. The maximum absolute atomic E-state index is 13.0. The highest BCUT2D eigenvalue weighted by Crippen LogP contribution is 2.31. The van der Waals surface area contributed by atoms with E-state index in [4.69, 9.17) is 11.2 Å². The summed E-state index contributed by atoms with van der Waals surface area (Å²) in [5, 5.41) is 0. The van der Waals surface area contributed by atoms with Gasteiger partial charge in [-0.3, -0.25) is 0 Å². The molecule has 0 bridgehead atoms. The van der Waals surface area contributed by atoms with Crippen molar-refractivity contribution in [2.45, 2.75) is 26.2 Å². The van der Waals surface area contributed by atoms with Crippen molar-refractivity contribution in [2.24, 2.45) is 0 Å². The Morgan fingerprint density at radius 3 is 2.60 bits per heavy atom. The summed E-state index contributed by atoms with van der Waals surface area (Å²) in [6.45, 7) is 6.29. The minimum absolute atomic E-state index is 0.0857. The fourth-order valence-electron chi connectivity index (χ4n) is 1.35. The van der Waals surface area contributed by atoms with Gasteiger partial charge < -0.3 is 4.74 Å². The smallest absolute Gasteiger partial charge is 0.148 e. The minimum Gasteiger partial charge on any atom is -0.481 e. The molecule has 2 heteroatoms. The van der Waals surface area contributed by atoms with Gasteiger partial charge in [-0.25, -0.2) is 4.39 Å². The lowest BCUT2D eigenvalue weighted by atomic mass is 9.86. The van der Waals surface area contributed by atoms with Gasteiger partial charge in [0, 0.05) is 6.07 Å². The first kappa shape index (κ1) is 11.6. The van der Waals surface area contributed by atoms with E-state index in [1.54, 1.807) is 6.07 Å². The van der Waals surface area contributed by atoms with E-state index in [2.05, 4.69) is 5.92 Å². The summed E-state index contributed by atoms with van der Waals surface area (Å²) in [6.07, 6.45) is 5.10. The van der Waals surface area contributed by atoms with E-state index < -0.39 is 0 Å². The third kappa shape index (κ3) is 2.99. The van der Waals surface area contributed by atoms with Crippen LogP contribution in [0.15, 0.2) is 18.2 Å². The van der Waals surface area contributed by atoms with Crippen LogP contribution in [0.25, 0.3) is 0 Å². The number of benzene rings is 1. The van der Waals surface area contributed by atoms with E-state index in [0.29, 0.717) is 5.75 Å². The Kier molecular flexibility index (Phi) is 3.36. The summed E-state index contributed by atoms with van der Waals surface area (Å²) in [6, 6.07) is 4.54. The molecule has 0 fully saturated rings. The third-order valence-electron chi connectivity index (χ3n) is 2.06. The predicted molar refractivity (Wildman–Crippen MR) is 59.4 cm³/mol. The fraction of sp³-hybridized carbons (Fsp3) is 0.385. The third-order valence-corrected chi connectivity index (χ3v) is 2.06. The molecule has 0 saturated carbocycles. The van der Waals surface area contributed by atoms with Crippen molar-refractivity contribution in [3.8, 4) is 18.1 Å². The lowest BCUT2D eigenvalue weighted by Crippen LogP contribution is -2.13. The van der Waals surface area contributed by atoms with Crippen LogP contribution in [0, 0.1) is 18.2 Å². The van der Waals surface area contributed by atoms with Gasteiger partial charge in [-0.05, 0) is 17.0 Å². The molecule has 1 aromatic carbocycles. The maximum atomic E-state index is 13.0. The van der Waals surface area contributed by atoms with E-state index in [9.17, 15) is 4.39 Å². The topological polar surface area (TPSA) is 9.23 Å². The predicted octanol–water partition coefficient (Wildman–Crippen LogP) is 3.14. The van der Waals surface area contributed by atoms with Gasteiger partial charge in [-0.2, -0.15) is 0 Å². The summed E-state index contributed by atoms with van der Waals surface area (Å²) < 4.78 is 18.3. The molecule has 0 heterocycles.